The van der Waals surface area contributed by atoms with E-state index in [4.69, 9.17) is 9.47 Å². The van der Waals surface area contributed by atoms with Crippen LogP contribution in [0.2, 0.25) is 0 Å². The van der Waals surface area contributed by atoms with Gasteiger partial charge in [0, 0.05) is 20.0 Å². The fraction of sp³-hybridized carbons (Fsp3) is 0.900. The molecule has 0 saturated carbocycles. The maximum Gasteiger partial charge on any atom is 0.305 e. The summed E-state index contributed by atoms with van der Waals surface area (Å²) in [6.07, 6.45) is 3.34. The lowest BCUT2D eigenvalue weighted by molar-refractivity contribution is -0.144. The van der Waals surface area contributed by atoms with Crippen LogP contribution >= 0.6 is 0 Å². The standard InChI is InChI=1S/C10H20O3/c1-4-6-10(11)13-8-7-9(5-2)12-3/h9H,4-8H2,1-3H3. The van der Waals surface area contributed by atoms with Gasteiger partial charge in [-0.3, -0.25) is 4.79 Å². The summed E-state index contributed by atoms with van der Waals surface area (Å²) in [5.41, 5.74) is 0. The van der Waals surface area contributed by atoms with Crippen molar-refractivity contribution >= 4 is 5.97 Å². The predicted molar refractivity (Wildman–Crippen MR) is 51.6 cm³/mol. The fourth-order valence-electron chi connectivity index (χ4n) is 1.07. The third-order valence-corrected chi connectivity index (χ3v) is 1.95. The second kappa shape index (κ2) is 8.05. The molecular formula is C10H20O3. The third-order valence-electron chi connectivity index (χ3n) is 1.95. The van der Waals surface area contributed by atoms with Crippen LogP contribution < -0.4 is 0 Å². The SMILES string of the molecule is CCCC(=O)OCCC(CC)OC. The van der Waals surface area contributed by atoms with Gasteiger partial charge in [-0.1, -0.05) is 13.8 Å². The molecule has 0 saturated heterocycles. The Morgan fingerprint density at radius 2 is 2.08 bits per heavy atom. The highest BCUT2D eigenvalue weighted by Crippen LogP contribution is 2.02. The molecule has 13 heavy (non-hydrogen) atoms. The predicted octanol–water partition coefficient (Wildman–Crippen LogP) is 2.14. The van der Waals surface area contributed by atoms with E-state index in [1.54, 1.807) is 7.11 Å². The smallest absolute Gasteiger partial charge is 0.305 e. The molecule has 0 amide bonds. The summed E-state index contributed by atoms with van der Waals surface area (Å²) in [5, 5.41) is 0. The molecule has 0 bridgehead atoms. The Kier molecular flexibility index (Phi) is 7.69. The van der Waals surface area contributed by atoms with Crippen molar-refractivity contribution in [2.24, 2.45) is 0 Å². The normalized spacial score (nSPS) is 12.5. The van der Waals surface area contributed by atoms with Crippen molar-refractivity contribution in [1.29, 1.82) is 0 Å². The summed E-state index contributed by atoms with van der Waals surface area (Å²) in [5.74, 6) is -0.103. The van der Waals surface area contributed by atoms with Crippen molar-refractivity contribution in [3.05, 3.63) is 0 Å². The van der Waals surface area contributed by atoms with Crippen LogP contribution in [-0.4, -0.2) is 25.8 Å². The van der Waals surface area contributed by atoms with Crippen LogP contribution in [0.1, 0.15) is 39.5 Å². The number of hydrogen-bond donors (Lipinski definition) is 0. The molecule has 3 heteroatoms. The van der Waals surface area contributed by atoms with Gasteiger partial charge in [-0.25, -0.2) is 0 Å². The molecule has 0 N–H and O–H groups in total. The van der Waals surface area contributed by atoms with Crippen LogP contribution in [0, 0.1) is 0 Å². The Balaban J connectivity index is 3.37. The van der Waals surface area contributed by atoms with Crippen molar-refractivity contribution < 1.29 is 14.3 Å². The van der Waals surface area contributed by atoms with E-state index in [1.807, 2.05) is 6.92 Å². The average Bonchev–Trinajstić information content (AvgIpc) is 2.13. The third kappa shape index (κ3) is 6.58. The fourth-order valence-corrected chi connectivity index (χ4v) is 1.07. The van der Waals surface area contributed by atoms with Crippen LogP contribution in [0.4, 0.5) is 0 Å². The van der Waals surface area contributed by atoms with Gasteiger partial charge >= 0.3 is 5.97 Å². The van der Waals surface area contributed by atoms with E-state index in [9.17, 15) is 4.79 Å². The first kappa shape index (κ1) is 12.4. The van der Waals surface area contributed by atoms with Gasteiger partial charge in [0.25, 0.3) is 0 Å². The lowest BCUT2D eigenvalue weighted by Gasteiger charge is -2.12. The van der Waals surface area contributed by atoms with Gasteiger partial charge in [0.2, 0.25) is 0 Å². The Morgan fingerprint density at radius 3 is 2.54 bits per heavy atom. The molecule has 78 valence electrons. The van der Waals surface area contributed by atoms with Crippen LogP contribution in [0.5, 0.6) is 0 Å². The molecule has 0 radical (unpaired) electrons. The first-order chi connectivity index (χ1) is 6.24. The summed E-state index contributed by atoms with van der Waals surface area (Å²) >= 11 is 0. The molecule has 0 aliphatic carbocycles. The quantitative estimate of drug-likeness (QED) is 0.574. The number of carbonyl (C=O) groups excluding carboxylic acids is 1. The molecule has 0 rings (SSSR count). The van der Waals surface area contributed by atoms with Crippen LogP contribution in [0.25, 0.3) is 0 Å². The van der Waals surface area contributed by atoms with Crippen LogP contribution in [-0.2, 0) is 14.3 Å². The second-order valence-corrected chi connectivity index (χ2v) is 3.03. The summed E-state index contributed by atoms with van der Waals surface area (Å²) in [6, 6.07) is 0. The minimum absolute atomic E-state index is 0.103. The molecule has 3 nitrogen and oxygen atoms in total. The summed E-state index contributed by atoms with van der Waals surface area (Å²) in [4.78, 5) is 10.9. The molecule has 0 aromatic heterocycles. The molecule has 0 fully saturated rings. The largest absolute Gasteiger partial charge is 0.466 e. The van der Waals surface area contributed by atoms with Crippen molar-refractivity contribution in [2.75, 3.05) is 13.7 Å². The number of esters is 1. The van der Waals surface area contributed by atoms with Gasteiger partial charge in [0.05, 0.1) is 12.7 Å². The Bertz CT molecular complexity index is 130. The van der Waals surface area contributed by atoms with E-state index in [2.05, 4.69) is 6.92 Å². The van der Waals surface area contributed by atoms with Crippen molar-refractivity contribution in [3.8, 4) is 0 Å². The summed E-state index contributed by atoms with van der Waals surface area (Å²) in [6.45, 7) is 4.50. The zero-order valence-electron chi connectivity index (χ0n) is 8.84. The molecule has 0 aliphatic heterocycles. The molecule has 1 unspecified atom stereocenters. The molecule has 0 spiro atoms. The van der Waals surface area contributed by atoms with Gasteiger partial charge in [0.15, 0.2) is 0 Å². The second-order valence-electron chi connectivity index (χ2n) is 3.03. The molecule has 0 heterocycles. The van der Waals surface area contributed by atoms with Gasteiger partial charge in [0.1, 0.15) is 0 Å². The molecule has 0 aromatic rings. The number of rotatable bonds is 7. The lowest BCUT2D eigenvalue weighted by Crippen LogP contribution is -2.14. The maximum atomic E-state index is 10.9. The van der Waals surface area contributed by atoms with Crippen LogP contribution in [0.15, 0.2) is 0 Å². The summed E-state index contributed by atoms with van der Waals surface area (Å²) in [7, 11) is 1.68. The van der Waals surface area contributed by atoms with Gasteiger partial charge < -0.3 is 9.47 Å². The van der Waals surface area contributed by atoms with Gasteiger partial charge in [-0.2, -0.15) is 0 Å². The Morgan fingerprint density at radius 1 is 1.38 bits per heavy atom. The molecule has 0 aliphatic rings. The van der Waals surface area contributed by atoms with E-state index in [1.165, 1.54) is 0 Å². The van der Waals surface area contributed by atoms with E-state index < -0.39 is 0 Å². The van der Waals surface area contributed by atoms with Crippen molar-refractivity contribution in [1.82, 2.24) is 0 Å². The highest BCUT2D eigenvalue weighted by Gasteiger charge is 2.06. The van der Waals surface area contributed by atoms with E-state index in [-0.39, 0.29) is 12.1 Å². The lowest BCUT2D eigenvalue weighted by atomic mass is 10.2. The number of hydrogen-bond acceptors (Lipinski definition) is 3. The average molecular weight is 188 g/mol. The van der Waals surface area contributed by atoms with Crippen LogP contribution in [0.3, 0.4) is 0 Å². The minimum Gasteiger partial charge on any atom is -0.466 e. The van der Waals surface area contributed by atoms with Crippen molar-refractivity contribution in [2.45, 2.75) is 45.6 Å². The number of carbonyl (C=O) groups is 1. The zero-order valence-corrected chi connectivity index (χ0v) is 8.84. The van der Waals surface area contributed by atoms with E-state index in [0.29, 0.717) is 13.0 Å². The number of ether oxygens (including phenoxy) is 2. The highest BCUT2D eigenvalue weighted by atomic mass is 16.5. The molecular weight excluding hydrogens is 168 g/mol. The molecule has 1 atom stereocenters. The maximum absolute atomic E-state index is 10.9. The Hall–Kier alpha value is -0.570. The van der Waals surface area contributed by atoms with E-state index >= 15 is 0 Å². The van der Waals surface area contributed by atoms with Crippen molar-refractivity contribution in [3.63, 3.8) is 0 Å². The molecule has 0 aromatic carbocycles. The van der Waals surface area contributed by atoms with E-state index in [0.717, 1.165) is 19.3 Å². The monoisotopic (exact) mass is 188 g/mol. The Labute approximate surface area is 80.4 Å². The summed E-state index contributed by atoms with van der Waals surface area (Å²) < 4.78 is 10.1. The first-order valence-corrected chi connectivity index (χ1v) is 4.93. The topological polar surface area (TPSA) is 35.5 Å². The number of methoxy groups -OCH3 is 1. The first-order valence-electron chi connectivity index (χ1n) is 4.93. The minimum atomic E-state index is -0.103. The van der Waals surface area contributed by atoms with Gasteiger partial charge in [-0.05, 0) is 12.8 Å². The zero-order chi connectivity index (χ0) is 10.1. The van der Waals surface area contributed by atoms with Gasteiger partial charge in [-0.15, -0.1) is 0 Å². The highest BCUT2D eigenvalue weighted by molar-refractivity contribution is 5.69.